The van der Waals surface area contributed by atoms with Gasteiger partial charge in [-0.3, -0.25) is 0 Å². The van der Waals surface area contributed by atoms with E-state index in [-0.39, 0.29) is 5.76 Å². The van der Waals surface area contributed by atoms with Gasteiger partial charge in [-0.25, -0.2) is 4.79 Å². The summed E-state index contributed by atoms with van der Waals surface area (Å²) in [5.41, 5.74) is 0.745. The fraction of sp³-hybridized carbons (Fsp3) is 0.235. The van der Waals surface area contributed by atoms with Gasteiger partial charge in [0.05, 0.1) is 25.0 Å². The molecule has 0 aliphatic carbocycles. The minimum Gasteiger partial charge on any atom is -0.493 e. The van der Waals surface area contributed by atoms with E-state index >= 15 is 0 Å². The van der Waals surface area contributed by atoms with Gasteiger partial charge >= 0.3 is 5.97 Å². The molecule has 0 aliphatic heterocycles. The molecule has 0 bridgehead atoms. The molecule has 3 aromatic rings. The summed E-state index contributed by atoms with van der Waals surface area (Å²) in [6.07, 6.45) is 0. The third kappa shape index (κ3) is 4.03. The quantitative estimate of drug-likeness (QED) is 0.464. The Kier molecular flexibility index (Phi) is 5.39. The predicted octanol–water partition coefficient (Wildman–Crippen LogP) is 3.81. The molecule has 0 atom stereocenters. The summed E-state index contributed by atoms with van der Waals surface area (Å²) in [7, 11) is 1.30. The maximum absolute atomic E-state index is 11.4. The van der Waals surface area contributed by atoms with Crippen molar-refractivity contribution in [1.82, 2.24) is 10.2 Å². The van der Waals surface area contributed by atoms with Gasteiger partial charge in [-0.05, 0) is 31.2 Å². The number of carbonyl (C=O) groups excluding carboxylic acids is 1. The van der Waals surface area contributed by atoms with Crippen molar-refractivity contribution in [2.24, 2.45) is 0 Å². The van der Waals surface area contributed by atoms with E-state index in [9.17, 15) is 4.79 Å². The molecular formula is C17H16N2O5S. The van der Waals surface area contributed by atoms with E-state index in [0.717, 1.165) is 5.56 Å². The Morgan fingerprint density at radius 2 is 2.00 bits per heavy atom. The predicted molar refractivity (Wildman–Crippen MR) is 90.5 cm³/mol. The van der Waals surface area contributed by atoms with Gasteiger partial charge in [-0.15, -0.1) is 10.2 Å². The number of methoxy groups -OCH3 is 1. The van der Waals surface area contributed by atoms with Crippen LogP contribution in [0.4, 0.5) is 0 Å². The van der Waals surface area contributed by atoms with Crippen LogP contribution in [-0.2, 0) is 10.5 Å². The van der Waals surface area contributed by atoms with Crippen molar-refractivity contribution in [2.75, 3.05) is 13.7 Å². The number of rotatable bonds is 7. The molecule has 25 heavy (non-hydrogen) atoms. The van der Waals surface area contributed by atoms with E-state index in [4.69, 9.17) is 13.6 Å². The van der Waals surface area contributed by atoms with Crippen molar-refractivity contribution >= 4 is 17.7 Å². The highest BCUT2D eigenvalue weighted by Gasteiger charge is 2.15. The molecule has 0 saturated heterocycles. The summed E-state index contributed by atoms with van der Waals surface area (Å²) in [5, 5.41) is 8.49. The molecule has 0 radical (unpaired) electrons. The van der Waals surface area contributed by atoms with Crippen molar-refractivity contribution in [3.63, 3.8) is 0 Å². The van der Waals surface area contributed by atoms with Gasteiger partial charge in [0.25, 0.3) is 11.1 Å². The highest BCUT2D eigenvalue weighted by Crippen LogP contribution is 2.31. The standard InChI is InChI=1S/C17H16N2O5S/c1-3-22-13-7-5-4-6-12(13)15-18-19-17(24-15)25-10-11-8-9-14(23-11)16(20)21-2/h4-9H,3,10H2,1-2H3. The molecule has 2 aromatic heterocycles. The van der Waals surface area contributed by atoms with Gasteiger partial charge in [-0.1, -0.05) is 23.9 Å². The van der Waals surface area contributed by atoms with Gasteiger partial charge in [0.2, 0.25) is 5.76 Å². The second kappa shape index (κ2) is 7.89. The summed E-state index contributed by atoms with van der Waals surface area (Å²) in [6.45, 7) is 2.46. The lowest BCUT2D eigenvalue weighted by Crippen LogP contribution is -1.98. The zero-order valence-corrected chi connectivity index (χ0v) is 14.5. The van der Waals surface area contributed by atoms with Crippen molar-refractivity contribution in [2.45, 2.75) is 17.9 Å². The van der Waals surface area contributed by atoms with Crippen molar-refractivity contribution < 1.29 is 23.1 Å². The van der Waals surface area contributed by atoms with Gasteiger partial charge < -0.3 is 18.3 Å². The number of para-hydroxylation sites is 1. The number of aromatic nitrogens is 2. The summed E-state index contributed by atoms with van der Waals surface area (Å²) >= 11 is 1.31. The fourth-order valence-electron chi connectivity index (χ4n) is 2.10. The first-order valence-electron chi connectivity index (χ1n) is 7.56. The summed E-state index contributed by atoms with van der Waals surface area (Å²) in [5.74, 6) is 1.80. The van der Waals surface area contributed by atoms with Crippen LogP contribution < -0.4 is 4.74 Å². The Hall–Kier alpha value is -2.74. The molecular weight excluding hydrogens is 344 g/mol. The number of hydrogen-bond acceptors (Lipinski definition) is 8. The van der Waals surface area contributed by atoms with Gasteiger partial charge in [0, 0.05) is 0 Å². The number of thioether (sulfide) groups is 1. The lowest BCUT2D eigenvalue weighted by molar-refractivity contribution is 0.0563. The van der Waals surface area contributed by atoms with Crippen LogP contribution in [0.25, 0.3) is 11.5 Å². The highest BCUT2D eigenvalue weighted by atomic mass is 32.2. The molecule has 8 heteroatoms. The molecule has 0 fully saturated rings. The van der Waals surface area contributed by atoms with Crippen LogP contribution in [0.5, 0.6) is 5.75 Å². The maximum Gasteiger partial charge on any atom is 0.373 e. The first-order chi connectivity index (χ1) is 12.2. The second-order valence-electron chi connectivity index (χ2n) is 4.85. The Labute approximate surface area is 148 Å². The maximum atomic E-state index is 11.4. The number of hydrogen-bond donors (Lipinski definition) is 0. The topological polar surface area (TPSA) is 87.6 Å². The largest absolute Gasteiger partial charge is 0.493 e. The molecule has 1 aromatic carbocycles. The number of nitrogens with zero attached hydrogens (tertiary/aromatic N) is 2. The lowest BCUT2D eigenvalue weighted by Gasteiger charge is -2.05. The average Bonchev–Trinajstić information content (AvgIpc) is 3.29. The lowest BCUT2D eigenvalue weighted by atomic mass is 10.2. The number of ether oxygens (including phenoxy) is 2. The third-order valence-electron chi connectivity index (χ3n) is 3.21. The Balaban J connectivity index is 1.68. The number of benzene rings is 1. The van der Waals surface area contributed by atoms with E-state index in [1.807, 2.05) is 31.2 Å². The molecule has 7 nitrogen and oxygen atoms in total. The van der Waals surface area contributed by atoms with E-state index in [2.05, 4.69) is 14.9 Å². The number of esters is 1. The van der Waals surface area contributed by atoms with Crippen molar-refractivity contribution in [1.29, 1.82) is 0 Å². The van der Waals surface area contributed by atoms with Crippen LogP contribution in [0.15, 0.2) is 50.5 Å². The van der Waals surface area contributed by atoms with Gasteiger partial charge in [0.15, 0.2) is 0 Å². The zero-order valence-electron chi connectivity index (χ0n) is 13.7. The smallest absolute Gasteiger partial charge is 0.373 e. The normalized spacial score (nSPS) is 10.6. The second-order valence-corrected chi connectivity index (χ2v) is 5.78. The van der Waals surface area contributed by atoms with Crippen molar-refractivity contribution in [3.8, 4) is 17.2 Å². The van der Waals surface area contributed by atoms with Gasteiger partial charge in [0.1, 0.15) is 11.5 Å². The first kappa shape index (κ1) is 17.1. The zero-order chi connectivity index (χ0) is 17.6. The monoisotopic (exact) mass is 360 g/mol. The van der Waals surface area contributed by atoms with Crippen molar-refractivity contribution in [3.05, 3.63) is 47.9 Å². The summed E-state index contributed by atoms with van der Waals surface area (Å²) < 4.78 is 21.3. The number of carbonyl (C=O) groups is 1. The van der Waals surface area contributed by atoms with Crippen LogP contribution in [0, 0.1) is 0 Å². The molecule has 0 amide bonds. The van der Waals surface area contributed by atoms with Crippen LogP contribution in [0.1, 0.15) is 23.2 Å². The minimum absolute atomic E-state index is 0.162. The van der Waals surface area contributed by atoms with Crippen LogP contribution in [0.3, 0.4) is 0 Å². The third-order valence-corrected chi connectivity index (χ3v) is 4.05. The van der Waals surface area contributed by atoms with Crippen LogP contribution in [0.2, 0.25) is 0 Å². The van der Waals surface area contributed by atoms with Gasteiger partial charge in [-0.2, -0.15) is 0 Å². The van der Waals surface area contributed by atoms with E-state index < -0.39 is 5.97 Å². The Morgan fingerprint density at radius 1 is 1.16 bits per heavy atom. The molecule has 130 valence electrons. The fourth-order valence-corrected chi connectivity index (χ4v) is 2.76. The summed E-state index contributed by atoms with van der Waals surface area (Å²) in [6, 6.07) is 10.8. The Bertz CT molecular complexity index is 858. The molecule has 0 unspecified atom stereocenters. The molecule has 2 heterocycles. The SMILES string of the molecule is CCOc1ccccc1-c1nnc(SCc2ccc(C(=O)OC)o2)o1. The van der Waals surface area contributed by atoms with E-state index in [1.165, 1.54) is 18.9 Å². The number of furan rings is 1. The van der Waals surface area contributed by atoms with E-state index in [1.54, 1.807) is 12.1 Å². The van der Waals surface area contributed by atoms with Crippen LogP contribution >= 0.6 is 11.8 Å². The van der Waals surface area contributed by atoms with E-state index in [0.29, 0.717) is 35.0 Å². The summed E-state index contributed by atoms with van der Waals surface area (Å²) in [4.78, 5) is 11.4. The average molecular weight is 360 g/mol. The molecule has 0 saturated carbocycles. The molecule has 3 rings (SSSR count). The van der Waals surface area contributed by atoms with Crippen LogP contribution in [-0.4, -0.2) is 29.9 Å². The molecule has 0 N–H and O–H groups in total. The molecule has 0 spiro atoms. The molecule has 0 aliphatic rings. The Morgan fingerprint density at radius 3 is 2.80 bits per heavy atom. The first-order valence-corrected chi connectivity index (χ1v) is 8.55. The highest BCUT2D eigenvalue weighted by molar-refractivity contribution is 7.98. The minimum atomic E-state index is -0.510.